The first-order chi connectivity index (χ1) is 5.65. The molecule has 0 atom stereocenters. The van der Waals surface area contributed by atoms with Crippen molar-refractivity contribution in [2.75, 3.05) is 6.61 Å². The molecule has 1 nitrogen and oxygen atoms in total. The molecule has 0 saturated carbocycles. The maximum absolute atomic E-state index is 8.81. The van der Waals surface area contributed by atoms with Gasteiger partial charge in [0.05, 0.1) is 0 Å². The van der Waals surface area contributed by atoms with Gasteiger partial charge in [-0.15, -0.1) is 0 Å². The maximum Gasteiger partial charge on any atom is 0.0471 e. The summed E-state index contributed by atoms with van der Waals surface area (Å²) < 4.78 is 1.09. The Morgan fingerprint density at radius 3 is 2.58 bits per heavy atom. The van der Waals surface area contributed by atoms with Crippen molar-refractivity contribution in [2.24, 2.45) is 0 Å². The van der Waals surface area contributed by atoms with Crippen LogP contribution in [-0.2, 0) is 6.42 Å². The largest absolute Gasteiger partial charge is 0.396 e. The number of halogens is 1. The van der Waals surface area contributed by atoms with Gasteiger partial charge in [0, 0.05) is 11.1 Å². The van der Waals surface area contributed by atoms with E-state index < -0.39 is 0 Å². The van der Waals surface area contributed by atoms with Gasteiger partial charge in [-0.05, 0) is 49.1 Å². The van der Waals surface area contributed by atoms with E-state index in [-0.39, 0.29) is 6.61 Å². The van der Waals surface area contributed by atoms with Gasteiger partial charge in [0.2, 0.25) is 0 Å². The minimum atomic E-state index is 0.219. The summed E-state index contributed by atoms with van der Waals surface area (Å²) in [7, 11) is 0. The number of hydrogen-bond acceptors (Lipinski definition) is 1. The minimum absolute atomic E-state index is 0.219. The fourth-order valence-corrected chi connectivity index (χ4v) is 1.88. The first-order valence-electron chi connectivity index (χ1n) is 4.01. The van der Waals surface area contributed by atoms with Crippen LogP contribution in [0, 0.1) is 13.8 Å². The van der Waals surface area contributed by atoms with Crippen LogP contribution in [-0.4, -0.2) is 11.7 Å². The van der Waals surface area contributed by atoms with Crippen molar-refractivity contribution in [3.63, 3.8) is 0 Å². The summed E-state index contributed by atoms with van der Waals surface area (Å²) in [5.41, 5.74) is 3.78. The molecular weight excluding hydrogens is 216 g/mol. The van der Waals surface area contributed by atoms with Crippen LogP contribution >= 0.6 is 15.9 Å². The molecule has 0 heterocycles. The van der Waals surface area contributed by atoms with Crippen molar-refractivity contribution < 1.29 is 5.11 Å². The highest BCUT2D eigenvalue weighted by Gasteiger charge is 2.01. The summed E-state index contributed by atoms with van der Waals surface area (Å²) in [5.74, 6) is 0. The molecule has 2 heteroatoms. The third-order valence-corrected chi connectivity index (χ3v) is 2.58. The Labute approximate surface area is 81.6 Å². The van der Waals surface area contributed by atoms with E-state index in [4.69, 9.17) is 5.11 Å². The van der Waals surface area contributed by atoms with E-state index in [1.165, 1.54) is 16.7 Å². The highest BCUT2D eigenvalue weighted by molar-refractivity contribution is 9.10. The molecule has 1 aromatic carbocycles. The Bertz CT molecular complexity index is 281. The summed E-state index contributed by atoms with van der Waals surface area (Å²) in [5, 5.41) is 8.81. The smallest absolute Gasteiger partial charge is 0.0471 e. The normalized spacial score (nSPS) is 10.3. The summed E-state index contributed by atoms with van der Waals surface area (Å²) in [4.78, 5) is 0. The highest BCUT2D eigenvalue weighted by atomic mass is 79.9. The number of aliphatic hydroxyl groups is 1. The fraction of sp³-hybridized carbons (Fsp3) is 0.400. The van der Waals surface area contributed by atoms with Gasteiger partial charge >= 0.3 is 0 Å². The lowest BCUT2D eigenvalue weighted by atomic mass is 10.0. The Hall–Kier alpha value is -0.340. The molecule has 0 fully saturated rings. The third kappa shape index (κ3) is 2.08. The van der Waals surface area contributed by atoms with Gasteiger partial charge in [0.15, 0.2) is 0 Å². The van der Waals surface area contributed by atoms with Gasteiger partial charge < -0.3 is 5.11 Å². The predicted octanol–water partition coefficient (Wildman–Crippen LogP) is 2.60. The molecule has 1 aromatic rings. The molecule has 0 radical (unpaired) electrons. The zero-order chi connectivity index (χ0) is 9.14. The standard InChI is InChI=1S/C10H13BrO/c1-7-5-10(11)6-9(3-4-12)8(7)2/h5-6,12H,3-4H2,1-2H3. The molecule has 12 heavy (non-hydrogen) atoms. The average molecular weight is 229 g/mol. The van der Waals surface area contributed by atoms with E-state index in [1.54, 1.807) is 0 Å². The second kappa shape index (κ2) is 4.06. The van der Waals surface area contributed by atoms with Crippen LogP contribution in [0.1, 0.15) is 16.7 Å². The molecule has 0 bridgehead atoms. The zero-order valence-corrected chi connectivity index (χ0v) is 8.98. The molecule has 1 rings (SSSR count). The third-order valence-electron chi connectivity index (χ3n) is 2.12. The van der Waals surface area contributed by atoms with Crippen molar-refractivity contribution in [3.8, 4) is 0 Å². The van der Waals surface area contributed by atoms with E-state index in [0.717, 1.165) is 10.9 Å². The second-order valence-corrected chi connectivity index (χ2v) is 3.90. The summed E-state index contributed by atoms with van der Waals surface area (Å²) >= 11 is 3.44. The number of hydrogen-bond donors (Lipinski definition) is 1. The van der Waals surface area contributed by atoms with Gasteiger partial charge in [-0.3, -0.25) is 0 Å². The number of aliphatic hydroxyl groups excluding tert-OH is 1. The lowest BCUT2D eigenvalue weighted by molar-refractivity contribution is 0.299. The summed E-state index contributed by atoms with van der Waals surface area (Å²) in [6.45, 7) is 4.39. The molecule has 0 amide bonds. The molecule has 0 aromatic heterocycles. The molecule has 0 spiro atoms. The van der Waals surface area contributed by atoms with E-state index in [2.05, 4.69) is 41.9 Å². The number of rotatable bonds is 2. The topological polar surface area (TPSA) is 20.2 Å². The Morgan fingerprint density at radius 2 is 2.00 bits per heavy atom. The van der Waals surface area contributed by atoms with Gasteiger partial charge in [-0.2, -0.15) is 0 Å². The first kappa shape index (κ1) is 9.75. The average Bonchev–Trinajstić information content (AvgIpc) is 2.00. The van der Waals surface area contributed by atoms with Crippen molar-refractivity contribution in [2.45, 2.75) is 20.3 Å². The molecule has 0 aliphatic carbocycles. The molecule has 0 aliphatic rings. The lowest BCUT2D eigenvalue weighted by Crippen LogP contribution is -1.96. The Kier molecular flexibility index (Phi) is 3.29. The maximum atomic E-state index is 8.81. The number of benzene rings is 1. The van der Waals surface area contributed by atoms with Crippen LogP contribution in [0.5, 0.6) is 0 Å². The molecule has 0 unspecified atom stereocenters. The Morgan fingerprint density at radius 1 is 1.33 bits per heavy atom. The van der Waals surface area contributed by atoms with E-state index in [0.29, 0.717) is 0 Å². The van der Waals surface area contributed by atoms with Gasteiger partial charge in [-0.1, -0.05) is 15.9 Å². The molecule has 0 saturated heterocycles. The van der Waals surface area contributed by atoms with Gasteiger partial charge in [0.1, 0.15) is 0 Å². The van der Waals surface area contributed by atoms with Crippen LogP contribution in [0.15, 0.2) is 16.6 Å². The minimum Gasteiger partial charge on any atom is -0.396 e. The van der Waals surface area contributed by atoms with E-state index in [9.17, 15) is 0 Å². The van der Waals surface area contributed by atoms with Crippen molar-refractivity contribution in [1.29, 1.82) is 0 Å². The van der Waals surface area contributed by atoms with Crippen molar-refractivity contribution in [3.05, 3.63) is 33.3 Å². The van der Waals surface area contributed by atoms with E-state index in [1.807, 2.05) is 0 Å². The first-order valence-corrected chi connectivity index (χ1v) is 4.81. The highest BCUT2D eigenvalue weighted by Crippen LogP contribution is 2.20. The quantitative estimate of drug-likeness (QED) is 0.826. The van der Waals surface area contributed by atoms with Crippen LogP contribution in [0.2, 0.25) is 0 Å². The van der Waals surface area contributed by atoms with Crippen molar-refractivity contribution in [1.82, 2.24) is 0 Å². The van der Waals surface area contributed by atoms with Crippen LogP contribution in [0.25, 0.3) is 0 Å². The second-order valence-electron chi connectivity index (χ2n) is 2.98. The van der Waals surface area contributed by atoms with Crippen LogP contribution in [0.4, 0.5) is 0 Å². The monoisotopic (exact) mass is 228 g/mol. The fourth-order valence-electron chi connectivity index (χ4n) is 1.26. The predicted molar refractivity (Wildman–Crippen MR) is 54.4 cm³/mol. The molecule has 66 valence electrons. The summed E-state index contributed by atoms with van der Waals surface area (Å²) in [6.07, 6.45) is 0.742. The zero-order valence-electron chi connectivity index (χ0n) is 7.39. The van der Waals surface area contributed by atoms with Gasteiger partial charge in [0.25, 0.3) is 0 Å². The van der Waals surface area contributed by atoms with Crippen LogP contribution < -0.4 is 0 Å². The molecular formula is C10H13BrO. The number of aryl methyl sites for hydroxylation is 1. The van der Waals surface area contributed by atoms with Crippen LogP contribution in [0.3, 0.4) is 0 Å². The Balaban J connectivity index is 3.09. The molecule has 1 N–H and O–H groups in total. The van der Waals surface area contributed by atoms with Gasteiger partial charge in [-0.25, -0.2) is 0 Å². The van der Waals surface area contributed by atoms with Crippen molar-refractivity contribution >= 4 is 15.9 Å². The van der Waals surface area contributed by atoms with E-state index >= 15 is 0 Å². The summed E-state index contributed by atoms with van der Waals surface area (Å²) in [6, 6.07) is 4.16. The molecule has 0 aliphatic heterocycles. The lowest BCUT2D eigenvalue weighted by Gasteiger charge is -2.07. The SMILES string of the molecule is Cc1cc(Br)cc(CCO)c1C.